The predicted octanol–water partition coefficient (Wildman–Crippen LogP) is 5.35. The number of nitrogens with zero attached hydrogens (tertiary/aromatic N) is 2. The van der Waals surface area contributed by atoms with Crippen LogP contribution in [0.2, 0.25) is 5.02 Å². The zero-order chi connectivity index (χ0) is 29.8. The van der Waals surface area contributed by atoms with Crippen molar-refractivity contribution in [3.63, 3.8) is 0 Å². The fourth-order valence-electron chi connectivity index (χ4n) is 7.63. The van der Waals surface area contributed by atoms with Crippen molar-refractivity contribution < 1.29 is 33.1 Å². The SMILES string of the molecule is CC(C)(C)N1C(=O)[C@H]2[C@H](CC=C3[C@H]2C[C@H]2C(=O)N(c4ccc(F)c(Cl)c4)C(=O)[C@@]2(C)[C@H]3c2ccc(O)c(F)c2)C1=O. The van der Waals surface area contributed by atoms with Gasteiger partial charge in [-0.3, -0.25) is 24.1 Å². The Morgan fingerprint density at radius 1 is 0.951 bits per heavy atom. The normalized spacial score (nSPS) is 31.3. The third-order valence-corrected chi connectivity index (χ3v) is 9.70. The second-order valence-electron chi connectivity index (χ2n) is 12.7. The van der Waals surface area contributed by atoms with Gasteiger partial charge in [0.25, 0.3) is 0 Å². The predicted molar refractivity (Wildman–Crippen MR) is 146 cm³/mol. The van der Waals surface area contributed by atoms with Gasteiger partial charge in [0.15, 0.2) is 11.6 Å². The van der Waals surface area contributed by atoms with Gasteiger partial charge in [-0.05, 0) is 82.3 Å². The molecule has 7 nitrogen and oxygen atoms in total. The lowest BCUT2D eigenvalue weighted by Gasteiger charge is -2.49. The summed E-state index contributed by atoms with van der Waals surface area (Å²) >= 11 is 6.00. The number of amides is 4. The Kier molecular flexibility index (Phi) is 6.02. The summed E-state index contributed by atoms with van der Waals surface area (Å²) in [6.07, 6.45) is 2.27. The molecule has 2 saturated heterocycles. The number of benzene rings is 2. The lowest BCUT2D eigenvalue weighted by molar-refractivity contribution is -0.145. The lowest BCUT2D eigenvalue weighted by Crippen LogP contribution is -2.49. The molecule has 1 saturated carbocycles. The Morgan fingerprint density at radius 3 is 2.29 bits per heavy atom. The highest BCUT2D eigenvalue weighted by Gasteiger charge is 2.68. The van der Waals surface area contributed by atoms with Gasteiger partial charge < -0.3 is 5.11 Å². The molecule has 6 atom stereocenters. The van der Waals surface area contributed by atoms with Gasteiger partial charge >= 0.3 is 0 Å². The highest BCUT2D eigenvalue weighted by atomic mass is 35.5. The van der Waals surface area contributed by atoms with Crippen molar-refractivity contribution in [1.82, 2.24) is 4.90 Å². The second kappa shape index (κ2) is 8.95. The zero-order valence-corrected chi connectivity index (χ0v) is 23.7. The molecular weight excluding hydrogens is 554 g/mol. The van der Waals surface area contributed by atoms with E-state index >= 15 is 0 Å². The molecule has 41 heavy (non-hydrogen) atoms. The minimum atomic E-state index is -1.40. The number of carbonyl (C=O) groups is 4. The minimum absolute atomic E-state index is 0.110. The van der Waals surface area contributed by atoms with Gasteiger partial charge in [0.1, 0.15) is 5.82 Å². The minimum Gasteiger partial charge on any atom is -0.505 e. The number of imide groups is 2. The molecule has 0 bridgehead atoms. The molecule has 1 N–H and O–H groups in total. The fourth-order valence-corrected chi connectivity index (χ4v) is 7.80. The van der Waals surface area contributed by atoms with Crippen LogP contribution in [0.1, 0.15) is 52.0 Å². The van der Waals surface area contributed by atoms with Crippen LogP contribution in [-0.2, 0) is 19.2 Å². The van der Waals surface area contributed by atoms with Gasteiger partial charge in [0.2, 0.25) is 23.6 Å². The van der Waals surface area contributed by atoms with E-state index in [2.05, 4.69) is 0 Å². The summed E-state index contributed by atoms with van der Waals surface area (Å²) in [6.45, 7) is 7.03. The van der Waals surface area contributed by atoms with E-state index < -0.39 is 69.7 Å². The monoisotopic (exact) mass is 582 g/mol. The number of allylic oxidation sites excluding steroid dienone is 2. The molecule has 214 valence electrons. The molecule has 2 aliphatic carbocycles. The fraction of sp³-hybridized carbons (Fsp3) is 0.419. The van der Waals surface area contributed by atoms with Crippen LogP contribution >= 0.6 is 11.6 Å². The van der Waals surface area contributed by atoms with E-state index in [1.165, 1.54) is 29.2 Å². The molecule has 0 spiro atoms. The molecule has 6 rings (SSSR count). The molecule has 4 amide bonds. The van der Waals surface area contributed by atoms with Crippen molar-refractivity contribution in [2.24, 2.45) is 29.1 Å². The van der Waals surface area contributed by atoms with Crippen LogP contribution in [0.15, 0.2) is 48.0 Å². The van der Waals surface area contributed by atoms with E-state index in [1.54, 1.807) is 27.7 Å². The van der Waals surface area contributed by atoms with Gasteiger partial charge in [-0.1, -0.05) is 29.3 Å². The molecule has 2 aromatic carbocycles. The lowest BCUT2D eigenvalue weighted by atomic mass is 9.51. The first-order chi connectivity index (χ1) is 19.2. The summed E-state index contributed by atoms with van der Waals surface area (Å²) in [4.78, 5) is 57.9. The van der Waals surface area contributed by atoms with E-state index in [0.717, 1.165) is 17.0 Å². The first-order valence-corrected chi connectivity index (χ1v) is 14.0. The molecule has 2 aromatic rings. The summed E-state index contributed by atoms with van der Waals surface area (Å²) in [7, 11) is 0. The number of anilines is 1. The number of rotatable bonds is 2. The van der Waals surface area contributed by atoms with Crippen molar-refractivity contribution >= 4 is 40.9 Å². The smallest absolute Gasteiger partial charge is 0.241 e. The number of hydrogen-bond acceptors (Lipinski definition) is 5. The zero-order valence-electron chi connectivity index (χ0n) is 23.0. The average Bonchev–Trinajstić information content (AvgIpc) is 3.27. The molecule has 0 aromatic heterocycles. The van der Waals surface area contributed by atoms with Gasteiger partial charge in [-0.2, -0.15) is 0 Å². The number of hydrogen-bond donors (Lipinski definition) is 1. The number of halogens is 3. The summed E-state index contributed by atoms with van der Waals surface area (Å²) in [5.74, 6) is -7.45. The van der Waals surface area contributed by atoms with Crippen LogP contribution in [0.5, 0.6) is 5.75 Å². The first-order valence-electron chi connectivity index (χ1n) is 13.6. The highest BCUT2D eigenvalue weighted by Crippen LogP contribution is 2.64. The van der Waals surface area contributed by atoms with E-state index in [9.17, 15) is 33.1 Å². The largest absolute Gasteiger partial charge is 0.505 e. The molecule has 2 aliphatic heterocycles. The standard InChI is InChI=1S/C31H29ClF2N2O5/c1-30(2,3)36-26(38)17-8-7-16-18(24(17)28(36)40)13-19-27(39)35(15-6-9-21(33)20(32)12-15)29(41)31(19,4)25(16)14-5-10-23(37)22(34)11-14/h5-7,9-12,17-19,24-25,37H,8,13H2,1-4H3/t17-,18+,19-,24-,25-,31+/m0/s1. The van der Waals surface area contributed by atoms with E-state index in [-0.39, 0.29) is 35.4 Å². The molecular formula is C31H29ClF2N2O5. The van der Waals surface area contributed by atoms with Gasteiger partial charge in [0, 0.05) is 11.5 Å². The molecule has 10 heteroatoms. The molecule has 4 aliphatic rings. The summed E-state index contributed by atoms with van der Waals surface area (Å²) in [5, 5.41) is 9.65. The van der Waals surface area contributed by atoms with E-state index in [0.29, 0.717) is 11.1 Å². The van der Waals surface area contributed by atoms with E-state index in [1.807, 2.05) is 6.08 Å². The number of likely N-dealkylation sites (tertiary alicyclic amines) is 1. The Balaban J connectivity index is 1.53. The third kappa shape index (κ3) is 3.74. The maximum Gasteiger partial charge on any atom is 0.241 e. The summed E-state index contributed by atoms with van der Waals surface area (Å²) < 4.78 is 28.7. The Bertz CT molecular complexity index is 1580. The summed E-state index contributed by atoms with van der Waals surface area (Å²) in [5.41, 5.74) is -0.963. The van der Waals surface area contributed by atoms with Crippen LogP contribution in [0, 0.1) is 40.7 Å². The van der Waals surface area contributed by atoms with Gasteiger partial charge in [0.05, 0.1) is 33.9 Å². The molecule has 0 unspecified atom stereocenters. The van der Waals surface area contributed by atoms with Crippen LogP contribution in [-0.4, -0.2) is 39.2 Å². The van der Waals surface area contributed by atoms with Crippen LogP contribution in [0.25, 0.3) is 0 Å². The van der Waals surface area contributed by atoms with Gasteiger partial charge in [-0.15, -0.1) is 0 Å². The Morgan fingerprint density at radius 2 is 1.66 bits per heavy atom. The van der Waals surface area contributed by atoms with Crippen molar-refractivity contribution in [3.8, 4) is 5.75 Å². The van der Waals surface area contributed by atoms with Crippen molar-refractivity contribution in [2.75, 3.05) is 4.90 Å². The second-order valence-corrected chi connectivity index (χ2v) is 13.1. The van der Waals surface area contributed by atoms with Crippen molar-refractivity contribution in [1.29, 1.82) is 0 Å². The van der Waals surface area contributed by atoms with Crippen LogP contribution in [0.3, 0.4) is 0 Å². The summed E-state index contributed by atoms with van der Waals surface area (Å²) in [6, 6.07) is 7.45. The van der Waals surface area contributed by atoms with Crippen molar-refractivity contribution in [3.05, 3.63) is 70.3 Å². The maximum absolute atomic E-state index is 14.7. The number of aromatic hydroxyl groups is 1. The van der Waals surface area contributed by atoms with Crippen LogP contribution in [0.4, 0.5) is 14.5 Å². The number of phenolic OH excluding ortho intramolecular Hbond substituents is 1. The third-order valence-electron chi connectivity index (χ3n) is 9.41. The molecule has 3 fully saturated rings. The average molecular weight is 583 g/mol. The van der Waals surface area contributed by atoms with E-state index in [4.69, 9.17) is 11.6 Å². The first kappa shape index (κ1) is 27.6. The van der Waals surface area contributed by atoms with Crippen LogP contribution < -0.4 is 4.90 Å². The molecule has 2 heterocycles. The number of fused-ring (bicyclic) bond motifs is 4. The Labute approximate surface area is 240 Å². The topological polar surface area (TPSA) is 95.0 Å². The van der Waals surface area contributed by atoms with Gasteiger partial charge in [-0.25, -0.2) is 13.7 Å². The molecule has 0 radical (unpaired) electrons. The quantitative estimate of drug-likeness (QED) is 0.380. The Hall–Kier alpha value is -3.59. The number of carbonyl (C=O) groups excluding carboxylic acids is 4. The highest BCUT2D eigenvalue weighted by molar-refractivity contribution is 6.31. The maximum atomic E-state index is 14.7. The number of phenols is 1. The van der Waals surface area contributed by atoms with Crippen molar-refractivity contribution in [2.45, 2.75) is 52.0 Å².